The summed E-state index contributed by atoms with van der Waals surface area (Å²) in [4.78, 5) is 17.0. The Morgan fingerprint density at radius 1 is 1.17 bits per heavy atom. The number of hydrogen-bond acceptors (Lipinski definition) is 4. The van der Waals surface area contributed by atoms with Crippen molar-refractivity contribution in [2.75, 3.05) is 14.2 Å². The highest BCUT2D eigenvalue weighted by atomic mass is 16.5. The van der Waals surface area contributed by atoms with Crippen LogP contribution in [-0.2, 0) is 6.54 Å². The third-order valence-corrected chi connectivity index (χ3v) is 3.82. The maximum Gasteiger partial charge on any atom is 0.270 e. The van der Waals surface area contributed by atoms with E-state index in [4.69, 9.17) is 9.47 Å². The summed E-state index contributed by atoms with van der Waals surface area (Å²) in [6.07, 6.45) is 1.83. The molecular formula is C18H19N3O3. The number of amides is 1. The first kappa shape index (κ1) is 15.9. The van der Waals surface area contributed by atoms with Gasteiger partial charge >= 0.3 is 0 Å². The first-order chi connectivity index (χ1) is 11.6. The van der Waals surface area contributed by atoms with Gasteiger partial charge in [0, 0.05) is 12.7 Å². The molecule has 124 valence electrons. The van der Waals surface area contributed by atoms with Gasteiger partial charge in [0.25, 0.3) is 5.91 Å². The normalized spacial score (nSPS) is 10.6. The van der Waals surface area contributed by atoms with Gasteiger partial charge in [0.2, 0.25) is 0 Å². The lowest BCUT2D eigenvalue weighted by molar-refractivity contribution is 0.0944. The molecule has 1 amide bonds. The summed E-state index contributed by atoms with van der Waals surface area (Å²) >= 11 is 0. The second kappa shape index (κ2) is 6.62. The van der Waals surface area contributed by atoms with Crippen molar-refractivity contribution in [3.8, 4) is 11.5 Å². The summed E-state index contributed by atoms with van der Waals surface area (Å²) < 4.78 is 12.3. The minimum Gasteiger partial charge on any atom is -0.493 e. The van der Waals surface area contributed by atoms with E-state index in [1.165, 1.54) is 0 Å². The molecule has 0 saturated heterocycles. The number of fused-ring (bicyclic) bond motifs is 1. The van der Waals surface area contributed by atoms with Crippen LogP contribution >= 0.6 is 0 Å². The number of benzene rings is 1. The van der Waals surface area contributed by atoms with Gasteiger partial charge in [-0.2, -0.15) is 0 Å². The van der Waals surface area contributed by atoms with Gasteiger partial charge in [-0.15, -0.1) is 0 Å². The highest BCUT2D eigenvalue weighted by Crippen LogP contribution is 2.27. The smallest absolute Gasteiger partial charge is 0.270 e. The van der Waals surface area contributed by atoms with E-state index in [1.54, 1.807) is 18.6 Å². The van der Waals surface area contributed by atoms with E-state index >= 15 is 0 Å². The Labute approximate surface area is 140 Å². The van der Waals surface area contributed by atoms with Crippen molar-refractivity contribution < 1.29 is 14.3 Å². The van der Waals surface area contributed by atoms with E-state index in [-0.39, 0.29) is 5.91 Å². The quantitative estimate of drug-likeness (QED) is 0.783. The number of aryl methyl sites for hydroxylation is 1. The molecule has 0 aliphatic rings. The number of ether oxygens (including phenoxy) is 2. The second-order valence-electron chi connectivity index (χ2n) is 5.35. The summed E-state index contributed by atoms with van der Waals surface area (Å²) in [6.45, 7) is 2.22. The molecule has 0 bridgehead atoms. The third kappa shape index (κ3) is 2.90. The molecule has 3 aromatic rings. The number of aromatic nitrogens is 2. The van der Waals surface area contributed by atoms with Crippen molar-refractivity contribution in [2.45, 2.75) is 13.5 Å². The van der Waals surface area contributed by atoms with Crippen LogP contribution in [0.3, 0.4) is 0 Å². The van der Waals surface area contributed by atoms with Crippen LogP contribution in [0.2, 0.25) is 0 Å². The van der Waals surface area contributed by atoms with E-state index in [0.717, 1.165) is 11.2 Å². The topological polar surface area (TPSA) is 64.9 Å². The summed E-state index contributed by atoms with van der Waals surface area (Å²) in [5.74, 6) is 1.13. The zero-order chi connectivity index (χ0) is 17.1. The lowest BCUT2D eigenvalue weighted by atomic mass is 10.2. The minimum atomic E-state index is -0.166. The molecule has 0 aliphatic carbocycles. The number of carbonyl (C=O) groups excluding carboxylic acids is 1. The van der Waals surface area contributed by atoms with Crippen LogP contribution in [-0.4, -0.2) is 29.5 Å². The fraction of sp³-hybridized carbons (Fsp3) is 0.222. The van der Waals surface area contributed by atoms with Crippen molar-refractivity contribution in [2.24, 2.45) is 0 Å². The summed E-state index contributed by atoms with van der Waals surface area (Å²) in [5, 5.41) is 2.93. The number of rotatable bonds is 5. The molecule has 1 N–H and O–H groups in total. The predicted octanol–water partition coefficient (Wildman–Crippen LogP) is 2.59. The lowest BCUT2D eigenvalue weighted by Crippen LogP contribution is -2.25. The summed E-state index contributed by atoms with van der Waals surface area (Å²) in [5.41, 5.74) is 2.93. The SMILES string of the molecule is COc1ccc(CNC(=O)c2c(C)nc3ccccn23)cc1OC. The van der Waals surface area contributed by atoms with E-state index in [9.17, 15) is 4.79 Å². The molecule has 3 rings (SSSR count). The number of nitrogens with zero attached hydrogens (tertiary/aromatic N) is 2. The zero-order valence-corrected chi connectivity index (χ0v) is 13.9. The molecule has 0 fully saturated rings. The number of imidazole rings is 1. The molecule has 6 heteroatoms. The lowest BCUT2D eigenvalue weighted by Gasteiger charge is -2.10. The van der Waals surface area contributed by atoms with Gasteiger partial charge in [-0.25, -0.2) is 4.98 Å². The van der Waals surface area contributed by atoms with Crippen LogP contribution in [0.5, 0.6) is 11.5 Å². The average Bonchev–Trinajstić information content (AvgIpc) is 2.95. The van der Waals surface area contributed by atoms with Gasteiger partial charge in [-0.05, 0) is 36.8 Å². The largest absolute Gasteiger partial charge is 0.493 e. The Kier molecular flexibility index (Phi) is 4.37. The number of pyridine rings is 1. The Morgan fingerprint density at radius 2 is 1.96 bits per heavy atom. The van der Waals surface area contributed by atoms with Crippen LogP contribution in [0.4, 0.5) is 0 Å². The van der Waals surface area contributed by atoms with Crippen LogP contribution in [0.15, 0.2) is 42.6 Å². The number of methoxy groups -OCH3 is 2. The molecule has 0 spiro atoms. The first-order valence-electron chi connectivity index (χ1n) is 7.57. The highest BCUT2D eigenvalue weighted by molar-refractivity contribution is 5.94. The van der Waals surface area contributed by atoms with Crippen molar-refractivity contribution in [3.63, 3.8) is 0 Å². The maximum atomic E-state index is 12.6. The average molecular weight is 325 g/mol. The second-order valence-corrected chi connectivity index (χ2v) is 5.35. The van der Waals surface area contributed by atoms with Crippen molar-refractivity contribution in [1.29, 1.82) is 0 Å². The molecule has 0 saturated carbocycles. The highest BCUT2D eigenvalue weighted by Gasteiger charge is 2.16. The Bertz CT molecular complexity index is 886. The Balaban J connectivity index is 1.79. The van der Waals surface area contributed by atoms with Gasteiger partial charge in [0.05, 0.1) is 19.9 Å². The standard InChI is InChI=1S/C18H19N3O3/c1-12-17(21-9-5-4-6-16(21)20-12)18(22)19-11-13-7-8-14(23-2)15(10-13)24-3/h4-10H,11H2,1-3H3,(H,19,22). The molecule has 0 aliphatic heterocycles. The van der Waals surface area contributed by atoms with E-state index in [0.29, 0.717) is 29.4 Å². The summed E-state index contributed by atoms with van der Waals surface area (Å²) in [6, 6.07) is 11.2. The van der Waals surface area contributed by atoms with Gasteiger partial charge in [-0.3, -0.25) is 9.20 Å². The molecule has 2 aromatic heterocycles. The van der Waals surface area contributed by atoms with Crippen molar-refractivity contribution >= 4 is 11.6 Å². The zero-order valence-electron chi connectivity index (χ0n) is 13.9. The minimum absolute atomic E-state index is 0.166. The molecule has 0 atom stereocenters. The van der Waals surface area contributed by atoms with Crippen molar-refractivity contribution in [3.05, 3.63) is 59.5 Å². The van der Waals surface area contributed by atoms with Gasteiger partial charge in [0.1, 0.15) is 11.3 Å². The van der Waals surface area contributed by atoms with Crippen LogP contribution in [0.1, 0.15) is 21.7 Å². The maximum absolute atomic E-state index is 12.6. The Hall–Kier alpha value is -3.02. The van der Waals surface area contributed by atoms with Crippen LogP contribution in [0, 0.1) is 6.92 Å². The molecule has 6 nitrogen and oxygen atoms in total. The molecule has 0 radical (unpaired) electrons. The van der Waals surface area contributed by atoms with Gasteiger partial charge in [-0.1, -0.05) is 12.1 Å². The van der Waals surface area contributed by atoms with Gasteiger partial charge < -0.3 is 14.8 Å². The van der Waals surface area contributed by atoms with E-state index in [2.05, 4.69) is 10.3 Å². The number of hydrogen-bond donors (Lipinski definition) is 1. The molecule has 1 aromatic carbocycles. The monoisotopic (exact) mass is 325 g/mol. The third-order valence-electron chi connectivity index (χ3n) is 3.82. The van der Waals surface area contributed by atoms with E-state index < -0.39 is 0 Å². The summed E-state index contributed by atoms with van der Waals surface area (Å²) in [7, 11) is 3.18. The molecular weight excluding hydrogens is 306 g/mol. The van der Waals surface area contributed by atoms with Crippen LogP contribution in [0.25, 0.3) is 5.65 Å². The molecule has 24 heavy (non-hydrogen) atoms. The van der Waals surface area contributed by atoms with Gasteiger partial charge in [0.15, 0.2) is 11.5 Å². The molecule has 2 heterocycles. The first-order valence-corrected chi connectivity index (χ1v) is 7.57. The fourth-order valence-corrected chi connectivity index (χ4v) is 2.64. The number of nitrogens with one attached hydrogen (secondary N) is 1. The van der Waals surface area contributed by atoms with Crippen LogP contribution < -0.4 is 14.8 Å². The number of carbonyl (C=O) groups is 1. The predicted molar refractivity (Wildman–Crippen MR) is 90.6 cm³/mol. The fourth-order valence-electron chi connectivity index (χ4n) is 2.64. The van der Waals surface area contributed by atoms with E-state index in [1.807, 2.05) is 49.5 Å². The van der Waals surface area contributed by atoms with Crippen molar-refractivity contribution in [1.82, 2.24) is 14.7 Å². The molecule has 0 unspecified atom stereocenters. The Morgan fingerprint density at radius 3 is 2.71 bits per heavy atom.